The molecule has 0 saturated carbocycles. The van der Waals surface area contributed by atoms with Crippen molar-refractivity contribution in [3.05, 3.63) is 42.2 Å². The summed E-state index contributed by atoms with van der Waals surface area (Å²) in [7, 11) is 1.92. The third kappa shape index (κ3) is 3.38. The molecule has 2 aromatic heterocycles. The molecule has 0 aliphatic heterocycles. The quantitative estimate of drug-likeness (QED) is 0.863. The van der Waals surface area contributed by atoms with Gasteiger partial charge in [0.2, 0.25) is 0 Å². The topological polar surface area (TPSA) is 55.6 Å². The van der Waals surface area contributed by atoms with Crippen molar-refractivity contribution in [3.63, 3.8) is 0 Å². The lowest BCUT2D eigenvalue weighted by Crippen LogP contribution is -2.21. The molecular formula is C14H21N5. The first-order valence-corrected chi connectivity index (χ1v) is 6.72. The van der Waals surface area contributed by atoms with E-state index in [2.05, 4.69) is 40.3 Å². The Morgan fingerprint density at radius 2 is 2.05 bits per heavy atom. The fraction of sp³-hybridized carbons (Fsp3) is 0.500. The third-order valence-electron chi connectivity index (χ3n) is 3.37. The van der Waals surface area contributed by atoms with E-state index in [-0.39, 0.29) is 6.04 Å². The Balaban J connectivity index is 2.09. The van der Waals surface area contributed by atoms with Gasteiger partial charge in [-0.1, -0.05) is 6.92 Å². The SMILES string of the molecule is CCC(C)n1ccc(CC(NC)c2ncccn2)n1. The molecule has 0 amide bonds. The first kappa shape index (κ1) is 13.7. The maximum atomic E-state index is 4.62. The van der Waals surface area contributed by atoms with E-state index >= 15 is 0 Å². The molecule has 2 aromatic rings. The van der Waals surface area contributed by atoms with Crippen molar-refractivity contribution in [2.75, 3.05) is 7.05 Å². The van der Waals surface area contributed by atoms with Crippen LogP contribution in [0.1, 0.15) is 43.9 Å². The van der Waals surface area contributed by atoms with Crippen LogP contribution in [-0.4, -0.2) is 26.8 Å². The second kappa shape index (κ2) is 6.43. The van der Waals surface area contributed by atoms with E-state index in [1.807, 2.05) is 24.0 Å². The maximum absolute atomic E-state index is 4.62. The average molecular weight is 259 g/mol. The van der Waals surface area contributed by atoms with Gasteiger partial charge in [0.25, 0.3) is 0 Å². The number of aromatic nitrogens is 4. The van der Waals surface area contributed by atoms with Crippen molar-refractivity contribution in [3.8, 4) is 0 Å². The second-order valence-corrected chi connectivity index (χ2v) is 4.70. The molecule has 0 spiro atoms. The van der Waals surface area contributed by atoms with Crippen LogP contribution in [0, 0.1) is 0 Å². The van der Waals surface area contributed by atoms with Gasteiger partial charge in [0.1, 0.15) is 5.82 Å². The Labute approximate surface area is 114 Å². The van der Waals surface area contributed by atoms with Crippen LogP contribution in [0.15, 0.2) is 30.7 Å². The van der Waals surface area contributed by atoms with Crippen LogP contribution in [0.3, 0.4) is 0 Å². The summed E-state index contributed by atoms with van der Waals surface area (Å²) in [5.74, 6) is 0.808. The lowest BCUT2D eigenvalue weighted by atomic mass is 10.1. The fourth-order valence-electron chi connectivity index (χ4n) is 1.94. The van der Waals surface area contributed by atoms with Crippen molar-refractivity contribution in [2.24, 2.45) is 0 Å². The number of nitrogens with zero attached hydrogens (tertiary/aromatic N) is 4. The van der Waals surface area contributed by atoms with Gasteiger partial charge in [-0.15, -0.1) is 0 Å². The minimum Gasteiger partial charge on any atom is -0.310 e. The molecule has 5 nitrogen and oxygen atoms in total. The van der Waals surface area contributed by atoms with Gasteiger partial charge in [-0.05, 0) is 32.5 Å². The Hall–Kier alpha value is -1.75. The van der Waals surface area contributed by atoms with Crippen LogP contribution in [0.25, 0.3) is 0 Å². The number of nitrogens with one attached hydrogen (secondary N) is 1. The largest absolute Gasteiger partial charge is 0.310 e. The summed E-state index contributed by atoms with van der Waals surface area (Å²) in [5.41, 5.74) is 1.06. The standard InChI is InChI=1S/C14H21N5/c1-4-11(2)19-9-6-12(18-19)10-13(15-3)14-16-7-5-8-17-14/h5-9,11,13,15H,4,10H2,1-3H3. The van der Waals surface area contributed by atoms with Crippen molar-refractivity contribution in [2.45, 2.75) is 38.8 Å². The molecule has 2 atom stereocenters. The van der Waals surface area contributed by atoms with Gasteiger partial charge in [0, 0.05) is 31.1 Å². The summed E-state index contributed by atoms with van der Waals surface area (Å²) in [6.07, 6.45) is 7.46. The monoisotopic (exact) mass is 259 g/mol. The zero-order valence-corrected chi connectivity index (χ0v) is 11.7. The maximum Gasteiger partial charge on any atom is 0.145 e. The molecule has 0 aromatic carbocycles. The van der Waals surface area contributed by atoms with E-state index in [1.54, 1.807) is 12.4 Å². The smallest absolute Gasteiger partial charge is 0.145 e. The summed E-state index contributed by atoms with van der Waals surface area (Å²) >= 11 is 0. The molecule has 2 heterocycles. The van der Waals surface area contributed by atoms with Crippen molar-refractivity contribution >= 4 is 0 Å². The zero-order chi connectivity index (χ0) is 13.7. The van der Waals surface area contributed by atoms with E-state index < -0.39 is 0 Å². The Kier molecular flexibility index (Phi) is 4.63. The van der Waals surface area contributed by atoms with Crippen molar-refractivity contribution < 1.29 is 0 Å². The van der Waals surface area contributed by atoms with Gasteiger partial charge in [0.05, 0.1) is 11.7 Å². The first-order valence-electron chi connectivity index (χ1n) is 6.72. The van der Waals surface area contributed by atoms with Crippen LogP contribution in [0.5, 0.6) is 0 Å². The number of likely N-dealkylation sites (N-methyl/N-ethyl adjacent to an activating group) is 1. The van der Waals surface area contributed by atoms with Crippen LogP contribution in [0.4, 0.5) is 0 Å². The molecule has 19 heavy (non-hydrogen) atoms. The summed E-state index contributed by atoms with van der Waals surface area (Å²) in [5, 5.41) is 7.86. The van der Waals surface area contributed by atoms with Crippen LogP contribution in [-0.2, 0) is 6.42 Å². The van der Waals surface area contributed by atoms with Gasteiger partial charge >= 0.3 is 0 Å². The molecule has 0 aliphatic carbocycles. The van der Waals surface area contributed by atoms with Gasteiger partial charge in [-0.2, -0.15) is 5.10 Å². The zero-order valence-electron chi connectivity index (χ0n) is 11.7. The average Bonchev–Trinajstić information content (AvgIpc) is 2.93. The predicted octanol–water partition coefficient (Wildman–Crippen LogP) is 2.15. The molecular weight excluding hydrogens is 238 g/mol. The van der Waals surface area contributed by atoms with Crippen molar-refractivity contribution in [1.29, 1.82) is 0 Å². The number of hydrogen-bond donors (Lipinski definition) is 1. The Bertz CT molecular complexity index is 494. The summed E-state index contributed by atoms with van der Waals surface area (Å²) < 4.78 is 2.02. The minimum absolute atomic E-state index is 0.0986. The fourth-order valence-corrected chi connectivity index (χ4v) is 1.94. The normalized spacial score (nSPS) is 14.3. The van der Waals surface area contributed by atoms with Crippen molar-refractivity contribution in [1.82, 2.24) is 25.1 Å². The molecule has 0 radical (unpaired) electrons. The van der Waals surface area contributed by atoms with E-state index in [0.29, 0.717) is 6.04 Å². The van der Waals surface area contributed by atoms with Gasteiger partial charge in [-0.25, -0.2) is 9.97 Å². The summed E-state index contributed by atoms with van der Waals surface area (Å²) in [6, 6.07) is 4.43. The van der Waals surface area contributed by atoms with E-state index in [9.17, 15) is 0 Å². The number of rotatable bonds is 6. The van der Waals surface area contributed by atoms with Crippen LogP contribution >= 0.6 is 0 Å². The highest BCUT2D eigenvalue weighted by Gasteiger charge is 2.14. The third-order valence-corrected chi connectivity index (χ3v) is 3.37. The molecule has 0 fully saturated rings. The first-order chi connectivity index (χ1) is 9.24. The second-order valence-electron chi connectivity index (χ2n) is 4.70. The van der Waals surface area contributed by atoms with Crippen LogP contribution in [0.2, 0.25) is 0 Å². The minimum atomic E-state index is 0.0986. The highest BCUT2D eigenvalue weighted by Crippen LogP contribution is 2.15. The molecule has 102 valence electrons. The Morgan fingerprint density at radius 3 is 2.68 bits per heavy atom. The lowest BCUT2D eigenvalue weighted by Gasteiger charge is -2.13. The summed E-state index contributed by atoms with van der Waals surface area (Å²) in [4.78, 5) is 8.59. The predicted molar refractivity (Wildman–Crippen MR) is 74.8 cm³/mol. The van der Waals surface area contributed by atoms with E-state index in [1.165, 1.54) is 0 Å². The van der Waals surface area contributed by atoms with Gasteiger partial charge in [0.15, 0.2) is 0 Å². The van der Waals surface area contributed by atoms with Gasteiger partial charge < -0.3 is 5.32 Å². The van der Waals surface area contributed by atoms with E-state index in [4.69, 9.17) is 0 Å². The lowest BCUT2D eigenvalue weighted by molar-refractivity contribution is 0.467. The highest BCUT2D eigenvalue weighted by atomic mass is 15.3. The molecule has 2 unspecified atom stereocenters. The molecule has 5 heteroatoms. The van der Waals surface area contributed by atoms with Crippen LogP contribution < -0.4 is 5.32 Å². The molecule has 0 aliphatic rings. The molecule has 0 bridgehead atoms. The Morgan fingerprint density at radius 1 is 1.32 bits per heavy atom. The molecule has 0 saturated heterocycles. The molecule has 1 N–H and O–H groups in total. The summed E-state index contributed by atoms with van der Waals surface area (Å²) in [6.45, 7) is 4.34. The van der Waals surface area contributed by atoms with E-state index in [0.717, 1.165) is 24.4 Å². The van der Waals surface area contributed by atoms with Gasteiger partial charge in [-0.3, -0.25) is 4.68 Å². The highest BCUT2D eigenvalue weighted by molar-refractivity contribution is 5.06. The number of hydrogen-bond acceptors (Lipinski definition) is 4. The molecule has 2 rings (SSSR count).